The van der Waals surface area contributed by atoms with Gasteiger partial charge in [-0.2, -0.15) is 0 Å². The maximum absolute atomic E-state index is 11.0. The van der Waals surface area contributed by atoms with Crippen molar-refractivity contribution in [2.45, 2.75) is 19.4 Å². The van der Waals surface area contributed by atoms with Crippen LogP contribution in [-0.2, 0) is 19.1 Å². The highest BCUT2D eigenvalue weighted by Gasteiger charge is 2.14. The van der Waals surface area contributed by atoms with E-state index in [4.69, 9.17) is 4.74 Å². The number of carbonyl (C=O) groups excluding carboxylic acids is 2. The number of esters is 2. The molecular formula is C11H16O5. The Labute approximate surface area is 94.4 Å². The van der Waals surface area contributed by atoms with Gasteiger partial charge >= 0.3 is 11.9 Å². The summed E-state index contributed by atoms with van der Waals surface area (Å²) >= 11 is 0. The van der Waals surface area contributed by atoms with Gasteiger partial charge in [-0.1, -0.05) is 13.2 Å². The van der Waals surface area contributed by atoms with E-state index < -0.39 is 18.0 Å². The van der Waals surface area contributed by atoms with E-state index in [9.17, 15) is 14.7 Å². The predicted octanol–water partition coefficient (Wildman–Crippen LogP) is 0.586. The summed E-state index contributed by atoms with van der Waals surface area (Å²) in [6.45, 7) is 8.12. The molecule has 0 fully saturated rings. The largest absolute Gasteiger partial charge is 0.466 e. The van der Waals surface area contributed by atoms with Crippen LogP contribution in [0.4, 0.5) is 0 Å². The molecular weight excluding hydrogens is 212 g/mol. The highest BCUT2D eigenvalue weighted by molar-refractivity contribution is 5.88. The van der Waals surface area contributed by atoms with Crippen molar-refractivity contribution in [2.24, 2.45) is 0 Å². The summed E-state index contributed by atoms with van der Waals surface area (Å²) < 4.78 is 9.10. The summed E-state index contributed by atoms with van der Waals surface area (Å²) in [5.74, 6) is -1.17. The summed E-state index contributed by atoms with van der Waals surface area (Å²) in [6, 6.07) is 0. The lowest BCUT2D eigenvalue weighted by molar-refractivity contribution is -0.141. The van der Waals surface area contributed by atoms with E-state index in [0.29, 0.717) is 0 Å². The van der Waals surface area contributed by atoms with Gasteiger partial charge in [0.1, 0.15) is 6.61 Å². The lowest BCUT2D eigenvalue weighted by atomic mass is 10.1. The van der Waals surface area contributed by atoms with Gasteiger partial charge in [0.05, 0.1) is 13.2 Å². The third-order valence-corrected chi connectivity index (χ3v) is 1.71. The van der Waals surface area contributed by atoms with Crippen LogP contribution in [0.3, 0.4) is 0 Å². The molecule has 90 valence electrons. The number of aliphatic hydroxyl groups is 1. The predicted molar refractivity (Wildman–Crippen MR) is 57.6 cm³/mol. The molecule has 0 saturated carbocycles. The van der Waals surface area contributed by atoms with Crippen LogP contribution >= 0.6 is 0 Å². The standard InChI is InChI=1S/C11H16O5/c1-7(2)10(13)16-6-9(12)5-8(3)11(14)15-4/h9,12H,1,3,5-6H2,2,4H3. The number of ether oxygens (including phenoxy) is 2. The van der Waals surface area contributed by atoms with E-state index in [1.165, 1.54) is 14.0 Å². The Morgan fingerprint density at radius 2 is 1.88 bits per heavy atom. The molecule has 0 aromatic rings. The molecule has 0 bridgehead atoms. The van der Waals surface area contributed by atoms with E-state index in [1.807, 2.05) is 0 Å². The van der Waals surface area contributed by atoms with Crippen molar-refractivity contribution >= 4 is 11.9 Å². The van der Waals surface area contributed by atoms with Gasteiger partial charge in [0.25, 0.3) is 0 Å². The Balaban J connectivity index is 3.96. The van der Waals surface area contributed by atoms with Crippen molar-refractivity contribution in [3.05, 3.63) is 24.3 Å². The molecule has 16 heavy (non-hydrogen) atoms. The zero-order valence-electron chi connectivity index (χ0n) is 9.49. The topological polar surface area (TPSA) is 72.8 Å². The zero-order valence-corrected chi connectivity index (χ0v) is 9.49. The lowest BCUT2D eigenvalue weighted by Gasteiger charge is -2.11. The summed E-state index contributed by atoms with van der Waals surface area (Å²) in [6.07, 6.45) is -0.981. The van der Waals surface area contributed by atoms with E-state index >= 15 is 0 Å². The minimum atomic E-state index is -0.977. The molecule has 1 unspecified atom stereocenters. The van der Waals surface area contributed by atoms with Gasteiger partial charge in [-0.15, -0.1) is 0 Å². The second-order valence-corrected chi connectivity index (χ2v) is 3.33. The minimum absolute atomic E-state index is 0.00383. The monoisotopic (exact) mass is 228 g/mol. The van der Waals surface area contributed by atoms with Crippen LogP contribution in [-0.4, -0.2) is 36.9 Å². The zero-order chi connectivity index (χ0) is 12.7. The van der Waals surface area contributed by atoms with Gasteiger partial charge in [0, 0.05) is 17.6 Å². The molecule has 1 atom stereocenters. The average molecular weight is 228 g/mol. The van der Waals surface area contributed by atoms with Crippen molar-refractivity contribution in [2.75, 3.05) is 13.7 Å². The Bertz CT molecular complexity index is 305. The van der Waals surface area contributed by atoms with Crippen molar-refractivity contribution < 1.29 is 24.2 Å². The molecule has 5 nitrogen and oxygen atoms in total. The van der Waals surface area contributed by atoms with Gasteiger partial charge < -0.3 is 14.6 Å². The molecule has 0 rings (SSSR count). The maximum Gasteiger partial charge on any atom is 0.333 e. The fraction of sp³-hybridized carbons (Fsp3) is 0.455. The SMILES string of the molecule is C=C(C)C(=O)OCC(O)CC(=C)C(=O)OC. The van der Waals surface area contributed by atoms with Crippen molar-refractivity contribution in [3.8, 4) is 0 Å². The number of methoxy groups -OCH3 is 1. The summed E-state index contributed by atoms with van der Waals surface area (Å²) in [7, 11) is 1.22. The quantitative estimate of drug-likeness (QED) is 0.532. The molecule has 0 amide bonds. The Morgan fingerprint density at radius 3 is 2.31 bits per heavy atom. The van der Waals surface area contributed by atoms with Crippen LogP contribution in [0.15, 0.2) is 24.3 Å². The van der Waals surface area contributed by atoms with Gasteiger partial charge in [-0.05, 0) is 6.92 Å². The number of rotatable bonds is 6. The van der Waals surface area contributed by atoms with Crippen LogP contribution in [0.2, 0.25) is 0 Å². The number of aliphatic hydroxyl groups excluding tert-OH is 1. The molecule has 0 aliphatic heterocycles. The Kier molecular flexibility index (Phi) is 6.10. The molecule has 5 heteroatoms. The molecule has 0 spiro atoms. The molecule has 0 aromatic carbocycles. The molecule has 0 aliphatic rings. The highest BCUT2D eigenvalue weighted by Crippen LogP contribution is 2.06. The normalized spacial score (nSPS) is 11.4. The molecule has 1 N–H and O–H groups in total. The van der Waals surface area contributed by atoms with Crippen LogP contribution in [0, 0.1) is 0 Å². The van der Waals surface area contributed by atoms with Gasteiger partial charge in [-0.25, -0.2) is 9.59 Å². The van der Waals surface area contributed by atoms with Crippen LogP contribution in [0.1, 0.15) is 13.3 Å². The Hall–Kier alpha value is -1.62. The second-order valence-electron chi connectivity index (χ2n) is 3.33. The third kappa shape index (κ3) is 5.31. The van der Waals surface area contributed by atoms with Crippen molar-refractivity contribution in [3.63, 3.8) is 0 Å². The van der Waals surface area contributed by atoms with E-state index in [2.05, 4.69) is 17.9 Å². The molecule has 0 aromatic heterocycles. The van der Waals surface area contributed by atoms with Gasteiger partial charge in [0.2, 0.25) is 0 Å². The summed E-state index contributed by atoms with van der Waals surface area (Å²) in [4.78, 5) is 21.9. The van der Waals surface area contributed by atoms with Crippen LogP contribution in [0.25, 0.3) is 0 Å². The fourth-order valence-corrected chi connectivity index (χ4v) is 0.866. The number of carbonyl (C=O) groups is 2. The molecule has 0 heterocycles. The van der Waals surface area contributed by atoms with Crippen LogP contribution < -0.4 is 0 Å². The molecule has 0 radical (unpaired) electrons. The highest BCUT2D eigenvalue weighted by atomic mass is 16.5. The first kappa shape index (κ1) is 14.4. The summed E-state index contributed by atoms with van der Waals surface area (Å²) in [5.41, 5.74) is 0.375. The number of hydrogen-bond acceptors (Lipinski definition) is 5. The average Bonchev–Trinajstić information content (AvgIpc) is 2.24. The second kappa shape index (κ2) is 6.79. The molecule has 0 aliphatic carbocycles. The fourth-order valence-electron chi connectivity index (χ4n) is 0.866. The van der Waals surface area contributed by atoms with E-state index in [1.54, 1.807) is 0 Å². The van der Waals surface area contributed by atoms with Crippen LogP contribution in [0.5, 0.6) is 0 Å². The smallest absolute Gasteiger partial charge is 0.333 e. The lowest BCUT2D eigenvalue weighted by Crippen LogP contribution is -2.21. The first-order valence-corrected chi connectivity index (χ1v) is 4.65. The van der Waals surface area contributed by atoms with Crippen molar-refractivity contribution in [1.29, 1.82) is 0 Å². The summed E-state index contributed by atoms with van der Waals surface area (Å²) in [5, 5.41) is 9.42. The number of hydrogen-bond donors (Lipinski definition) is 1. The first-order valence-electron chi connectivity index (χ1n) is 4.65. The van der Waals surface area contributed by atoms with E-state index in [-0.39, 0.29) is 24.2 Å². The molecule has 0 saturated heterocycles. The third-order valence-electron chi connectivity index (χ3n) is 1.71. The Morgan fingerprint density at radius 1 is 1.31 bits per heavy atom. The maximum atomic E-state index is 11.0. The van der Waals surface area contributed by atoms with Gasteiger partial charge in [0.15, 0.2) is 0 Å². The van der Waals surface area contributed by atoms with Gasteiger partial charge in [-0.3, -0.25) is 0 Å². The first-order chi connectivity index (χ1) is 7.38. The minimum Gasteiger partial charge on any atom is -0.466 e. The van der Waals surface area contributed by atoms with E-state index in [0.717, 1.165) is 0 Å². The van der Waals surface area contributed by atoms with Crippen molar-refractivity contribution in [1.82, 2.24) is 0 Å².